The van der Waals surface area contributed by atoms with Gasteiger partial charge in [-0.2, -0.15) is 0 Å². The molecule has 8 heteroatoms. The van der Waals surface area contributed by atoms with E-state index in [9.17, 15) is 14.9 Å². The molecule has 0 unspecified atom stereocenters. The van der Waals surface area contributed by atoms with E-state index >= 15 is 0 Å². The molecule has 0 aliphatic heterocycles. The van der Waals surface area contributed by atoms with E-state index in [2.05, 4.69) is 33.9 Å². The van der Waals surface area contributed by atoms with Crippen molar-refractivity contribution in [3.8, 4) is 17.2 Å². The van der Waals surface area contributed by atoms with E-state index in [4.69, 9.17) is 14.2 Å². The molecule has 0 aliphatic rings. The summed E-state index contributed by atoms with van der Waals surface area (Å²) in [7, 11) is -1.55. The van der Waals surface area contributed by atoms with Crippen LogP contribution < -0.4 is 14.2 Å². The summed E-state index contributed by atoms with van der Waals surface area (Å²) in [6.45, 7) is 11.3. The van der Waals surface area contributed by atoms with Crippen LogP contribution in [0.15, 0.2) is 48.5 Å². The third-order valence-electron chi connectivity index (χ3n) is 4.90. The molecule has 0 radical (unpaired) electrons. The Morgan fingerprint density at radius 1 is 0.929 bits per heavy atom. The number of carbonyl (C=O) groups is 1. The molecule has 0 aromatic heterocycles. The first-order valence-corrected chi connectivity index (χ1v) is 12.1. The zero-order chi connectivity index (χ0) is 20.9. The predicted octanol–water partition coefficient (Wildman–Crippen LogP) is 5.60. The van der Waals surface area contributed by atoms with Gasteiger partial charge in [0, 0.05) is 12.1 Å². The number of nitro benzene ring substituents is 1. The normalized spacial score (nSPS) is 11.6. The lowest BCUT2D eigenvalue weighted by atomic mass is 10.2. The molecule has 0 saturated heterocycles. The Kier molecular flexibility index (Phi) is 6.45. The maximum Gasteiger partial charge on any atom is 0.519 e. The molecule has 150 valence electrons. The van der Waals surface area contributed by atoms with Crippen LogP contribution in [0.5, 0.6) is 17.2 Å². The Hall–Kier alpha value is -2.87. The Balaban J connectivity index is 1.89. The molecule has 0 atom stereocenters. The fourth-order valence-electron chi connectivity index (χ4n) is 1.93. The second-order valence-electron chi connectivity index (χ2n) is 8.10. The number of hydrogen-bond acceptors (Lipinski definition) is 6. The lowest BCUT2D eigenvalue weighted by molar-refractivity contribution is -0.384. The monoisotopic (exact) mass is 403 g/mol. The summed E-state index contributed by atoms with van der Waals surface area (Å²) in [4.78, 5) is 21.9. The molecule has 0 N–H and O–H groups in total. The topological polar surface area (TPSA) is 87.9 Å². The average Bonchev–Trinajstić information content (AvgIpc) is 2.60. The van der Waals surface area contributed by atoms with Gasteiger partial charge in [-0.3, -0.25) is 10.1 Å². The van der Waals surface area contributed by atoms with Gasteiger partial charge in [-0.25, -0.2) is 4.79 Å². The molecule has 0 aliphatic carbocycles. The van der Waals surface area contributed by atoms with E-state index in [1.807, 2.05) is 0 Å². The minimum absolute atomic E-state index is 0.0889. The number of nitro groups is 1. The molecule has 0 fully saturated rings. The fraction of sp³-hybridized carbons (Fsp3) is 0.350. The molecule has 0 spiro atoms. The largest absolute Gasteiger partial charge is 0.519 e. The van der Waals surface area contributed by atoms with Crippen molar-refractivity contribution in [2.75, 3.05) is 6.23 Å². The molecule has 7 nitrogen and oxygen atoms in total. The number of carbonyl (C=O) groups excluding carboxylic acids is 1. The van der Waals surface area contributed by atoms with Crippen molar-refractivity contribution in [1.82, 2.24) is 0 Å². The van der Waals surface area contributed by atoms with Crippen molar-refractivity contribution in [1.29, 1.82) is 0 Å². The van der Waals surface area contributed by atoms with Crippen LogP contribution in [0.3, 0.4) is 0 Å². The van der Waals surface area contributed by atoms with Crippen LogP contribution in [0.2, 0.25) is 18.1 Å². The average molecular weight is 404 g/mol. The summed E-state index contributed by atoms with van der Waals surface area (Å²) in [5, 5.41) is 10.9. The predicted molar refractivity (Wildman–Crippen MR) is 109 cm³/mol. The van der Waals surface area contributed by atoms with E-state index in [-0.39, 0.29) is 16.5 Å². The highest BCUT2D eigenvalue weighted by Crippen LogP contribution is 2.36. The number of nitrogens with zero attached hydrogens (tertiary/aromatic N) is 1. The van der Waals surface area contributed by atoms with Crippen molar-refractivity contribution in [3.05, 3.63) is 58.6 Å². The minimum atomic E-state index is -1.55. The smallest absolute Gasteiger partial charge is 0.497 e. The number of non-ortho nitro benzene ring substituents is 1. The Labute approximate surface area is 165 Å². The molecule has 28 heavy (non-hydrogen) atoms. The van der Waals surface area contributed by atoms with Crippen molar-refractivity contribution >= 4 is 19.9 Å². The Bertz CT molecular complexity index is 825. The summed E-state index contributed by atoms with van der Waals surface area (Å²) in [5.41, 5.74) is -0.0889. The zero-order valence-corrected chi connectivity index (χ0v) is 17.7. The van der Waals surface area contributed by atoms with Crippen LogP contribution >= 0.6 is 0 Å². The molecule has 2 aromatic carbocycles. The van der Waals surface area contributed by atoms with Gasteiger partial charge in [0.2, 0.25) is 0 Å². The van der Waals surface area contributed by atoms with Gasteiger partial charge in [-0.05, 0) is 41.4 Å². The lowest BCUT2D eigenvalue weighted by Gasteiger charge is -2.36. The number of hydrogen-bond donors (Lipinski definition) is 0. The van der Waals surface area contributed by atoms with Gasteiger partial charge < -0.3 is 14.2 Å². The maximum atomic E-state index is 11.8. The SMILES string of the molecule is CC(C)(C)[Si](C)(C)COc1ccc(OC(=O)Oc2ccc([N+](=O)[O-])cc2)cc1. The van der Waals surface area contributed by atoms with Crippen molar-refractivity contribution in [2.45, 2.75) is 38.9 Å². The highest BCUT2D eigenvalue weighted by atomic mass is 28.3. The minimum Gasteiger partial charge on any atom is -0.497 e. The summed E-state index contributed by atoms with van der Waals surface area (Å²) in [6.07, 6.45) is -0.234. The molecule has 2 rings (SSSR count). The number of benzene rings is 2. The van der Waals surface area contributed by atoms with Gasteiger partial charge >= 0.3 is 6.16 Å². The summed E-state index contributed by atoms with van der Waals surface area (Å²) < 4.78 is 16.0. The van der Waals surface area contributed by atoms with E-state index in [1.54, 1.807) is 24.3 Å². The first-order valence-electron chi connectivity index (χ1n) is 8.85. The van der Waals surface area contributed by atoms with Crippen LogP contribution in [0.25, 0.3) is 0 Å². The Morgan fingerprint density at radius 3 is 1.79 bits per heavy atom. The molecule has 2 aromatic rings. The van der Waals surface area contributed by atoms with E-state index < -0.39 is 19.2 Å². The van der Waals surface area contributed by atoms with Crippen molar-refractivity contribution < 1.29 is 23.9 Å². The molecule has 0 saturated carbocycles. The van der Waals surface area contributed by atoms with Gasteiger partial charge in [0.1, 0.15) is 17.2 Å². The maximum absolute atomic E-state index is 11.8. The van der Waals surface area contributed by atoms with Crippen LogP contribution in [-0.4, -0.2) is 25.4 Å². The van der Waals surface area contributed by atoms with E-state index in [0.29, 0.717) is 17.7 Å². The highest BCUT2D eigenvalue weighted by molar-refractivity contribution is 6.80. The van der Waals surface area contributed by atoms with Gasteiger partial charge in [-0.1, -0.05) is 33.9 Å². The molecule has 0 heterocycles. The van der Waals surface area contributed by atoms with Crippen LogP contribution in [0, 0.1) is 10.1 Å². The van der Waals surface area contributed by atoms with Crippen LogP contribution in [-0.2, 0) is 0 Å². The third-order valence-corrected chi connectivity index (χ3v) is 9.83. The van der Waals surface area contributed by atoms with Gasteiger partial charge in [0.15, 0.2) is 0 Å². The van der Waals surface area contributed by atoms with E-state index in [0.717, 1.165) is 0 Å². The molecular formula is C20H25NO6Si. The third kappa shape index (κ3) is 5.82. The highest BCUT2D eigenvalue weighted by Gasteiger charge is 2.36. The van der Waals surface area contributed by atoms with Gasteiger partial charge in [-0.15, -0.1) is 0 Å². The van der Waals surface area contributed by atoms with Gasteiger partial charge in [0.25, 0.3) is 5.69 Å². The molecule has 0 bridgehead atoms. The first-order chi connectivity index (χ1) is 13.0. The van der Waals surface area contributed by atoms with Crippen molar-refractivity contribution in [3.63, 3.8) is 0 Å². The second-order valence-corrected chi connectivity index (χ2v) is 13.7. The summed E-state index contributed by atoms with van der Waals surface area (Å²) in [5.74, 6) is 1.18. The fourth-order valence-corrected chi connectivity index (χ4v) is 2.89. The second kappa shape index (κ2) is 8.43. The van der Waals surface area contributed by atoms with Crippen molar-refractivity contribution in [2.24, 2.45) is 0 Å². The number of ether oxygens (including phenoxy) is 3. The summed E-state index contributed by atoms with van der Waals surface area (Å²) >= 11 is 0. The number of rotatable bonds is 6. The zero-order valence-electron chi connectivity index (χ0n) is 16.7. The van der Waals surface area contributed by atoms with Gasteiger partial charge in [0.05, 0.1) is 19.2 Å². The molecule has 0 amide bonds. The first kappa shape index (κ1) is 21.4. The van der Waals surface area contributed by atoms with E-state index in [1.165, 1.54) is 24.3 Å². The van der Waals surface area contributed by atoms with Crippen LogP contribution in [0.4, 0.5) is 10.5 Å². The lowest BCUT2D eigenvalue weighted by Crippen LogP contribution is -2.43. The quantitative estimate of drug-likeness (QED) is 0.205. The molecular weight excluding hydrogens is 378 g/mol. The standard InChI is InChI=1S/C20H25NO6Si/c1-20(2,3)28(4,5)14-25-16-10-12-18(13-11-16)27-19(22)26-17-8-6-15(7-9-17)21(23)24/h6-13H,14H2,1-5H3. The Morgan fingerprint density at radius 2 is 1.36 bits per heavy atom. The van der Waals surface area contributed by atoms with Crippen LogP contribution in [0.1, 0.15) is 20.8 Å². The summed E-state index contributed by atoms with van der Waals surface area (Å²) in [6, 6.07) is 11.9.